The summed E-state index contributed by atoms with van der Waals surface area (Å²) in [6, 6.07) is 14.1. The van der Waals surface area contributed by atoms with Gasteiger partial charge in [-0.25, -0.2) is 4.79 Å². The fourth-order valence-corrected chi connectivity index (χ4v) is 3.98. The first-order valence-corrected chi connectivity index (χ1v) is 11.3. The second-order valence-electron chi connectivity index (χ2n) is 7.83. The molecule has 1 amide bonds. The lowest BCUT2D eigenvalue weighted by Crippen LogP contribution is -2.37. The minimum Gasteiger partial charge on any atom is -0.462 e. The van der Waals surface area contributed by atoms with Crippen LogP contribution in [0.2, 0.25) is 5.02 Å². The normalized spacial score (nSPS) is 14.7. The number of carbonyl (C=O) groups excluding carboxylic acids is 2. The molecule has 33 heavy (non-hydrogen) atoms. The van der Waals surface area contributed by atoms with Crippen molar-refractivity contribution in [2.75, 3.05) is 25.0 Å². The summed E-state index contributed by atoms with van der Waals surface area (Å²) in [5.41, 5.74) is 1.86. The summed E-state index contributed by atoms with van der Waals surface area (Å²) in [5, 5.41) is 7.55. The molecule has 1 N–H and O–H groups in total. The zero-order valence-electron chi connectivity index (χ0n) is 18.3. The summed E-state index contributed by atoms with van der Waals surface area (Å²) in [6.07, 6.45) is 1.47. The van der Waals surface area contributed by atoms with E-state index < -0.39 is 0 Å². The Morgan fingerprint density at radius 3 is 2.58 bits per heavy atom. The summed E-state index contributed by atoms with van der Waals surface area (Å²) < 4.78 is 10.4. The van der Waals surface area contributed by atoms with Crippen LogP contribution >= 0.6 is 11.6 Å². The predicted molar refractivity (Wildman–Crippen MR) is 124 cm³/mol. The van der Waals surface area contributed by atoms with Crippen LogP contribution in [0.3, 0.4) is 0 Å². The van der Waals surface area contributed by atoms with Crippen LogP contribution in [0, 0.1) is 5.92 Å². The first kappa shape index (κ1) is 22.9. The van der Waals surface area contributed by atoms with Crippen molar-refractivity contribution in [3.05, 3.63) is 65.0 Å². The fourth-order valence-electron chi connectivity index (χ4n) is 3.76. The predicted octanol–water partition coefficient (Wildman–Crippen LogP) is 4.42. The van der Waals surface area contributed by atoms with E-state index >= 15 is 0 Å². The molecule has 172 valence electrons. The molecule has 2 aromatic carbocycles. The van der Waals surface area contributed by atoms with Crippen LogP contribution in [0.5, 0.6) is 0 Å². The molecule has 0 spiro atoms. The molecule has 2 heterocycles. The number of carbonyl (C=O) groups is 2. The standard InChI is InChI=1S/C24H25ClN4O4/c1-2-32-24(31)17-7-9-18(10-8-17)26-23(30)16-11-13-29(14-12-16)15-21-27-22(28-33-21)19-5-3-4-6-20(19)25/h3-10,16H,2,11-15H2,1H3,(H,26,30). The molecular weight excluding hydrogens is 444 g/mol. The topological polar surface area (TPSA) is 97.6 Å². The van der Waals surface area contributed by atoms with E-state index in [9.17, 15) is 9.59 Å². The number of amides is 1. The number of hydrogen-bond donors (Lipinski definition) is 1. The second-order valence-corrected chi connectivity index (χ2v) is 8.24. The average Bonchev–Trinajstić information content (AvgIpc) is 3.28. The highest BCUT2D eigenvalue weighted by molar-refractivity contribution is 6.33. The number of hydrogen-bond acceptors (Lipinski definition) is 7. The van der Waals surface area contributed by atoms with E-state index in [0.29, 0.717) is 41.1 Å². The Labute approximate surface area is 196 Å². The third-order valence-electron chi connectivity index (χ3n) is 5.56. The molecule has 1 aliphatic rings. The van der Waals surface area contributed by atoms with Crippen molar-refractivity contribution in [1.82, 2.24) is 15.0 Å². The molecule has 0 saturated carbocycles. The third kappa shape index (κ3) is 5.77. The zero-order chi connectivity index (χ0) is 23.2. The molecule has 8 nitrogen and oxygen atoms in total. The highest BCUT2D eigenvalue weighted by atomic mass is 35.5. The highest BCUT2D eigenvalue weighted by Gasteiger charge is 2.26. The number of esters is 1. The number of likely N-dealkylation sites (tertiary alicyclic amines) is 1. The average molecular weight is 469 g/mol. The van der Waals surface area contributed by atoms with Crippen molar-refractivity contribution in [3.8, 4) is 11.4 Å². The van der Waals surface area contributed by atoms with Gasteiger partial charge in [-0.15, -0.1) is 0 Å². The van der Waals surface area contributed by atoms with Gasteiger partial charge in [0.2, 0.25) is 17.6 Å². The lowest BCUT2D eigenvalue weighted by molar-refractivity contribution is -0.121. The molecule has 3 aromatic rings. The number of rotatable bonds is 7. The zero-order valence-corrected chi connectivity index (χ0v) is 19.0. The maximum Gasteiger partial charge on any atom is 0.338 e. The van der Waals surface area contributed by atoms with E-state index in [2.05, 4.69) is 20.4 Å². The maximum absolute atomic E-state index is 12.7. The molecule has 1 aliphatic heterocycles. The Kier molecular flexibility index (Phi) is 7.36. The Morgan fingerprint density at radius 2 is 1.88 bits per heavy atom. The molecule has 0 radical (unpaired) electrons. The summed E-state index contributed by atoms with van der Waals surface area (Å²) in [4.78, 5) is 31.1. The fraction of sp³-hybridized carbons (Fsp3) is 0.333. The summed E-state index contributed by atoms with van der Waals surface area (Å²) >= 11 is 6.21. The Bertz CT molecular complexity index is 1110. The van der Waals surface area contributed by atoms with Crippen LogP contribution in [0.1, 0.15) is 36.0 Å². The van der Waals surface area contributed by atoms with Gasteiger partial charge in [-0.1, -0.05) is 28.9 Å². The lowest BCUT2D eigenvalue weighted by atomic mass is 9.96. The minimum absolute atomic E-state index is 0.0164. The van der Waals surface area contributed by atoms with Gasteiger partial charge in [0.25, 0.3) is 0 Å². The van der Waals surface area contributed by atoms with E-state index in [1.807, 2.05) is 18.2 Å². The number of piperidine rings is 1. The molecule has 0 bridgehead atoms. The van der Waals surface area contributed by atoms with Crippen molar-refractivity contribution in [3.63, 3.8) is 0 Å². The van der Waals surface area contributed by atoms with Crippen LogP contribution < -0.4 is 5.32 Å². The molecular formula is C24H25ClN4O4. The summed E-state index contributed by atoms with van der Waals surface area (Å²) in [5.74, 6) is 0.529. The van der Waals surface area contributed by atoms with Gasteiger partial charge in [0.1, 0.15) is 0 Å². The SMILES string of the molecule is CCOC(=O)c1ccc(NC(=O)C2CCN(Cc3nc(-c4ccccc4Cl)no3)CC2)cc1. The largest absolute Gasteiger partial charge is 0.462 e. The molecule has 1 fully saturated rings. The molecule has 1 aromatic heterocycles. The molecule has 9 heteroatoms. The first-order valence-electron chi connectivity index (χ1n) is 10.9. The number of benzene rings is 2. The number of nitrogens with one attached hydrogen (secondary N) is 1. The highest BCUT2D eigenvalue weighted by Crippen LogP contribution is 2.26. The van der Waals surface area contributed by atoms with Gasteiger partial charge < -0.3 is 14.6 Å². The van der Waals surface area contributed by atoms with Gasteiger partial charge in [-0.3, -0.25) is 9.69 Å². The van der Waals surface area contributed by atoms with E-state index in [-0.39, 0.29) is 17.8 Å². The number of anilines is 1. The number of halogens is 1. The molecule has 4 rings (SSSR count). The van der Waals surface area contributed by atoms with Gasteiger partial charge in [-0.05, 0) is 69.3 Å². The van der Waals surface area contributed by atoms with Crippen LogP contribution in [0.15, 0.2) is 53.1 Å². The van der Waals surface area contributed by atoms with Crippen molar-refractivity contribution in [2.24, 2.45) is 5.92 Å². The lowest BCUT2D eigenvalue weighted by Gasteiger charge is -2.30. The molecule has 1 saturated heterocycles. The van der Waals surface area contributed by atoms with Gasteiger partial charge >= 0.3 is 5.97 Å². The number of nitrogens with zero attached hydrogens (tertiary/aromatic N) is 3. The minimum atomic E-state index is -0.372. The van der Waals surface area contributed by atoms with Gasteiger partial charge in [0.15, 0.2) is 0 Å². The van der Waals surface area contributed by atoms with Crippen molar-refractivity contribution in [1.29, 1.82) is 0 Å². The van der Waals surface area contributed by atoms with Gasteiger partial charge in [-0.2, -0.15) is 4.98 Å². The molecule has 0 atom stereocenters. The smallest absolute Gasteiger partial charge is 0.338 e. The van der Waals surface area contributed by atoms with Crippen molar-refractivity contribution < 1.29 is 18.8 Å². The Hall–Kier alpha value is -3.23. The van der Waals surface area contributed by atoms with Crippen LogP contribution in [0.25, 0.3) is 11.4 Å². The second kappa shape index (κ2) is 10.6. The number of ether oxygens (including phenoxy) is 1. The maximum atomic E-state index is 12.7. The van der Waals surface area contributed by atoms with Crippen LogP contribution in [-0.2, 0) is 16.1 Å². The first-order chi connectivity index (χ1) is 16.0. The van der Waals surface area contributed by atoms with Crippen molar-refractivity contribution in [2.45, 2.75) is 26.3 Å². The summed E-state index contributed by atoms with van der Waals surface area (Å²) in [6.45, 7) is 4.12. The number of aromatic nitrogens is 2. The van der Waals surface area contributed by atoms with E-state index in [1.54, 1.807) is 37.3 Å². The van der Waals surface area contributed by atoms with Crippen LogP contribution in [0.4, 0.5) is 5.69 Å². The quantitative estimate of drug-likeness (QED) is 0.512. The monoisotopic (exact) mass is 468 g/mol. The van der Waals surface area contributed by atoms with Gasteiger partial charge in [0, 0.05) is 17.2 Å². The molecule has 0 unspecified atom stereocenters. The Balaban J connectivity index is 1.26. The van der Waals surface area contributed by atoms with Crippen LogP contribution in [-0.4, -0.2) is 46.6 Å². The van der Waals surface area contributed by atoms with Gasteiger partial charge in [0.05, 0.1) is 23.7 Å². The summed E-state index contributed by atoms with van der Waals surface area (Å²) in [7, 11) is 0. The van der Waals surface area contributed by atoms with E-state index in [4.69, 9.17) is 20.9 Å². The Morgan fingerprint density at radius 1 is 1.15 bits per heavy atom. The molecule has 0 aliphatic carbocycles. The van der Waals surface area contributed by atoms with Crippen molar-refractivity contribution >= 4 is 29.2 Å². The third-order valence-corrected chi connectivity index (χ3v) is 5.89. The van der Waals surface area contributed by atoms with E-state index in [0.717, 1.165) is 31.5 Å². The van der Waals surface area contributed by atoms with E-state index in [1.165, 1.54) is 0 Å².